The normalized spacial score (nSPS) is 33.1. The van der Waals surface area contributed by atoms with E-state index in [0.29, 0.717) is 25.9 Å². The lowest BCUT2D eigenvalue weighted by Crippen LogP contribution is -2.32. The molecular formula is C14H22O6S. The fraction of sp³-hybridized carbons (Fsp3) is 0.857. The second-order valence-electron chi connectivity index (χ2n) is 6.22. The van der Waals surface area contributed by atoms with Gasteiger partial charge in [0.25, 0.3) is 0 Å². The molecule has 2 aliphatic rings. The Labute approximate surface area is 126 Å². The Hall–Kier alpha value is -0.760. The maximum Gasteiger partial charge on any atom is 0.210 e. The van der Waals surface area contributed by atoms with Crippen LogP contribution in [0.2, 0.25) is 0 Å². The van der Waals surface area contributed by atoms with Gasteiger partial charge in [-0.3, -0.25) is 4.79 Å². The zero-order chi connectivity index (χ0) is 15.6. The van der Waals surface area contributed by atoms with Crippen molar-refractivity contribution in [3.8, 4) is 0 Å². The van der Waals surface area contributed by atoms with Crippen LogP contribution in [-0.4, -0.2) is 49.8 Å². The van der Waals surface area contributed by atoms with E-state index in [0.717, 1.165) is 0 Å². The molecule has 0 spiro atoms. The van der Waals surface area contributed by atoms with Crippen LogP contribution >= 0.6 is 0 Å². The fourth-order valence-electron chi connectivity index (χ4n) is 3.34. The Kier molecular flexibility index (Phi) is 5.19. The van der Waals surface area contributed by atoms with Gasteiger partial charge in [0.1, 0.15) is 5.78 Å². The topological polar surface area (TPSA) is 89.9 Å². The number of ketones is 1. The monoisotopic (exact) mass is 318 g/mol. The molecule has 120 valence electrons. The summed E-state index contributed by atoms with van der Waals surface area (Å²) in [5.74, 6) is -1.71. The van der Waals surface area contributed by atoms with Crippen LogP contribution in [0.4, 0.5) is 0 Å². The van der Waals surface area contributed by atoms with Gasteiger partial charge in [0.15, 0.2) is 5.79 Å². The predicted molar refractivity (Wildman–Crippen MR) is 76.3 cm³/mol. The summed E-state index contributed by atoms with van der Waals surface area (Å²) >= 11 is 0. The third-order valence-corrected chi connectivity index (χ3v) is 4.80. The van der Waals surface area contributed by atoms with Crippen LogP contribution in [0.3, 0.4) is 0 Å². The van der Waals surface area contributed by atoms with Crippen LogP contribution in [0.25, 0.3) is 0 Å². The minimum absolute atomic E-state index is 0.0268. The highest BCUT2D eigenvalue weighted by Gasteiger charge is 2.42. The van der Waals surface area contributed by atoms with Crippen molar-refractivity contribution in [3.63, 3.8) is 0 Å². The van der Waals surface area contributed by atoms with Gasteiger partial charge in [0.05, 0.1) is 12.7 Å². The number of hydrogen-bond acceptors (Lipinski definition) is 6. The molecule has 0 radical (unpaired) electrons. The summed E-state index contributed by atoms with van der Waals surface area (Å²) in [6.45, 7) is 3.89. The molecule has 0 bridgehead atoms. The summed E-state index contributed by atoms with van der Waals surface area (Å²) in [4.78, 5) is 12.1. The molecule has 7 heteroatoms. The average Bonchev–Trinajstić information content (AvgIpc) is 2.90. The van der Waals surface area contributed by atoms with Crippen molar-refractivity contribution >= 4 is 21.4 Å². The Morgan fingerprint density at radius 1 is 1.48 bits per heavy atom. The lowest BCUT2D eigenvalue weighted by molar-refractivity contribution is -0.140. The van der Waals surface area contributed by atoms with Crippen LogP contribution in [-0.2, 0) is 24.6 Å². The number of carbonyl (C=O) groups is 1. The van der Waals surface area contributed by atoms with Crippen LogP contribution in [0, 0.1) is 17.8 Å². The Balaban J connectivity index is 2.15. The number of aliphatic hydroxyl groups excluding tert-OH is 1. The Bertz CT molecular complexity index is 516. The predicted octanol–water partition coefficient (Wildman–Crippen LogP) is 0.413. The molecule has 1 saturated carbocycles. The van der Waals surface area contributed by atoms with E-state index < -0.39 is 27.9 Å². The summed E-state index contributed by atoms with van der Waals surface area (Å²) in [5, 5.41) is 10.6. The molecule has 2 rings (SSSR count). The molecule has 0 aromatic heterocycles. The van der Waals surface area contributed by atoms with Gasteiger partial charge < -0.3 is 14.6 Å². The molecule has 6 nitrogen and oxygen atoms in total. The van der Waals surface area contributed by atoms with Gasteiger partial charge in [-0.1, -0.05) is 0 Å². The summed E-state index contributed by atoms with van der Waals surface area (Å²) in [7, 11) is -2.35. The molecule has 4 unspecified atom stereocenters. The number of hydrogen-bond donors (Lipinski definition) is 1. The highest BCUT2D eigenvalue weighted by molar-refractivity contribution is 7.71. The molecule has 1 N–H and O–H groups in total. The highest BCUT2D eigenvalue weighted by atomic mass is 32.2. The average molecular weight is 318 g/mol. The lowest BCUT2D eigenvalue weighted by atomic mass is 9.81. The molecule has 2 fully saturated rings. The zero-order valence-corrected chi connectivity index (χ0v) is 13.1. The highest BCUT2D eigenvalue weighted by Crippen LogP contribution is 2.37. The quantitative estimate of drug-likeness (QED) is 0.739. The van der Waals surface area contributed by atoms with Gasteiger partial charge in [-0.05, 0) is 32.6 Å². The number of aliphatic hydroxyl groups is 1. The largest absolute Gasteiger partial charge is 0.396 e. The molecule has 21 heavy (non-hydrogen) atoms. The van der Waals surface area contributed by atoms with Crippen molar-refractivity contribution in [1.82, 2.24) is 0 Å². The molecule has 1 saturated heterocycles. The van der Waals surface area contributed by atoms with E-state index in [1.165, 1.54) is 5.37 Å². The first-order valence-corrected chi connectivity index (χ1v) is 8.34. The molecule has 4 atom stereocenters. The minimum Gasteiger partial charge on any atom is -0.396 e. The molecule has 1 heterocycles. The number of Topliss-reactive ketones (excluding diaryl/α,β-unsaturated/α-hetero) is 1. The molecule has 1 aliphatic heterocycles. The van der Waals surface area contributed by atoms with E-state index in [-0.39, 0.29) is 24.4 Å². The van der Waals surface area contributed by atoms with Crippen molar-refractivity contribution in [2.75, 3.05) is 13.2 Å². The van der Waals surface area contributed by atoms with Crippen LogP contribution in [0.15, 0.2) is 0 Å². The summed E-state index contributed by atoms with van der Waals surface area (Å²) in [5.41, 5.74) is 0. The maximum atomic E-state index is 12.1. The lowest BCUT2D eigenvalue weighted by Gasteiger charge is -2.25. The number of carbonyl (C=O) groups excluding carboxylic acids is 1. The van der Waals surface area contributed by atoms with Gasteiger partial charge in [0.2, 0.25) is 10.3 Å². The van der Waals surface area contributed by atoms with Crippen molar-refractivity contribution in [1.29, 1.82) is 0 Å². The van der Waals surface area contributed by atoms with E-state index in [1.54, 1.807) is 13.8 Å². The third kappa shape index (κ3) is 4.12. The van der Waals surface area contributed by atoms with E-state index in [9.17, 15) is 18.3 Å². The van der Waals surface area contributed by atoms with Crippen molar-refractivity contribution in [2.45, 2.75) is 45.0 Å². The summed E-state index contributed by atoms with van der Waals surface area (Å²) < 4.78 is 33.3. The number of rotatable bonds is 5. The van der Waals surface area contributed by atoms with E-state index in [4.69, 9.17) is 9.47 Å². The Morgan fingerprint density at radius 3 is 2.71 bits per heavy atom. The number of ether oxygens (including phenoxy) is 2. The van der Waals surface area contributed by atoms with Crippen LogP contribution in [0.1, 0.15) is 33.1 Å². The molecule has 0 amide bonds. The zero-order valence-electron chi connectivity index (χ0n) is 12.3. The van der Waals surface area contributed by atoms with Gasteiger partial charge in [-0.25, -0.2) is 0 Å². The molecule has 0 aromatic carbocycles. The minimum atomic E-state index is -2.35. The standard InChI is InChI=1S/C14H22O6S/c1-14(2)19-7-11(20-14)5-10(8-21(17)18)13-9(6-15)3-4-12(13)16/h8-11,13,15H,3-7H2,1-2H3. The van der Waals surface area contributed by atoms with Gasteiger partial charge in [-0.2, -0.15) is 8.42 Å². The second-order valence-corrected chi connectivity index (χ2v) is 7.01. The van der Waals surface area contributed by atoms with Crippen LogP contribution in [0.5, 0.6) is 0 Å². The fourth-order valence-corrected chi connectivity index (χ4v) is 3.91. The second kappa shape index (κ2) is 6.56. The van der Waals surface area contributed by atoms with E-state index >= 15 is 0 Å². The van der Waals surface area contributed by atoms with Crippen LogP contribution < -0.4 is 0 Å². The third-order valence-electron chi connectivity index (χ3n) is 4.23. The van der Waals surface area contributed by atoms with Gasteiger partial charge >= 0.3 is 0 Å². The van der Waals surface area contributed by atoms with Crippen molar-refractivity contribution < 1.29 is 27.8 Å². The van der Waals surface area contributed by atoms with E-state index in [1.807, 2.05) is 0 Å². The van der Waals surface area contributed by atoms with Gasteiger partial charge in [-0.15, -0.1) is 0 Å². The van der Waals surface area contributed by atoms with E-state index in [2.05, 4.69) is 0 Å². The summed E-state index contributed by atoms with van der Waals surface area (Å²) in [6.07, 6.45) is 1.19. The van der Waals surface area contributed by atoms with Crippen molar-refractivity contribution in [2.24, 2.45) is 17.8 Å². The smallest absolute Gasteiger partial charge is 0.210 e. The molecule has 1 aliphatic carbocycles. The van der Waals surface area contributed by atoms with Gasteiger partial charge in [0, 0.05) is 30.2 Å². The molecule has 0 aromatic rings. The SMILES string of the molecule is CC1(C)OCC(CC(C=S(=O)=O)C2C(=O)CCC2CO)O1. The maximum absolute atomic E-state index is 12.1. The molecular weight excluding hydrogens is 296 g/mol. The first-order valence-electron chi connectivity index (χ1n) is 7.21. The Morgan fingerprint density at radius 2 is 2.19 bits per heavy atom. The first kappa shape index (κ1) is 16.6. The van der Waals surface area contributed by atoms with Crippen molar-refractivity contribution in [3.05, 3.63) is 0 Å². The summed E-state index contributed by atoms with van der Waals surface area (Å²) in [6, 6.07) is 0. The first-order chi connectivity index (χ1) is 9.82.